The topological polar surface area (TPSA) is 94.6 Å². The molecule has 3 aromatic rings. The van der Waals surface area contributed by atoms with E-state index < -0.39 is 9.84 Å². The molecule has 2 aromatic carbocycles. The zero-order chi connectivity index (χ0) is 25.0. The van der Waals surface area contributed by atoms with Crippen molar-refractivity contribution in [1.82, 2.24) is 4.98 Å². The van der Waals surface area contributed by atoms with Crippen LogP contribution in [0.5, 0.6) is 17.2 Å². The van der Waals surface area contributed by atoms with E-state index in [-0.39, 0.29) is 38.9 Å². The van der Waals surface area contributed by atoms with Crippen LogP contribution in [0.25, 0.3) is 0 Å². The molecule has 0 spiro atoms. The third-order valence-electron chi connectivity index (χ3n) is 4.89. The van der Waals surface area contributed by atoms with Gasteiger partial charge in [0.2, 0.25) is 5.91 Å². The second-order valence-corrected chi connectivity index (χ2v) is 10.8. The van der Waals surface area contributed by atoms with E-state index in [9.17, 15) is 13.2 Å². The lowest BCUT2D eigenvalue weighted by molar-refractivity contribution is -0.115. The number of pyridine rings is 1. The van der Waals surface area contributed by atoms with Crippen LogP contribution < -0.4 is 14.8 Å². The van der Waals surface area contributed by atoms with Gasteiger partial charge in [-0.3, -0.25) is 9.78 Å². The van der Waals surface area contributed by atoms with E-state index in [0.717, 1.165) is 17.6 Å². The lowest BCUT2D eigenvalue weighted by atomic mass is 10.0. The summed E-state index contributed by atoms with van der Waals surface area (Å²) < 4.78 is 34.7. The zero-order valence-corrected chi connectivity index (χ0v) is 21.4. The van der Waals surface area contributed by atoms with Crippen molar-refractivity contribution in [2.24, 2.45) is 0 Å². The van der Waals surface area contributed by atoms with Gasteiger partial charge in [0.1, 0.15) is 11.5 Å². The van der Waals surface area contributed by atoms with Crippen molar-refractivity contribution in [3.05, 3.63) is 70.0 Å². The molecular weight excluding hydrogens is 499 g/mol. The van der Waals surface area contributed by atoms with Crippen LogP contribution in [0.15, 0.2) is 53.7 Å². The van der Waals surface area contributed by atoms with Crippen LogP contribution in [0.4, 0.5) is 5.69 Å². The second kappa shape index (κ2) is 10.6. The average Bonchev–Trinajstić information content (AvgIpc) is 2.75. The van der Waals surface area contributed by atoms with Crippen LogP contribution in [0, 0.1) is 0 Å². The van der Waals surface area contributed by atoms with Crippen molar-refractivity contribution in [1.29, 1.82) is 0 Å². The quantitative estimate of drug-likeness (QED) is 0.395. The standard InChI is InChI=1S/C24H24Cl2N2O5S/c1-14(2)19-11-17(5-6-22(19)32-3)33-24-20(25)9-16(10-21(24)26)28-23(29)8-15-7-18(13-27-12-15)34(4,30)31/h5-7,9-14H,8H2,1-4H3,(H,28,29). The number of carbonyl (C=O) groups is 1. The number of carbonyl (C=O) groups excluding carboxylic acids is 1. The summed E-state index contributed by atoms with van der Waals surface area (Å²) in [5, 5.41) is 3.13. The molecule has 0 fully saturated rings. The first-order chi connectivity index (χ1) is 16.0. The molecule has 0 aliphatic rings. The Morgan fingerprint density at radius 2 is 1.76 bits per heavy atom. The Kier molecular flexibility index (Phi) is 8.07. The molecule has 0 aliphatic heterocycles. The van der Waals surface area contributed by atoms with E-state index >= 15 is 0 Å². The Hall–Kier alpha value is -2.81. The minimum Gasteiger partial charge on any atom is -0.496 e. The Morgan fingerprint density at radius 1 is 1.09 bits per heavy atom. The highest BCUT2D eigenvalue weighted by molar-refractivity contribution is 7.90. The molecule has 3 rings (SSSR count). The van der Waals surface area contributed by atoms with Crippen molar-refractivity contribution in [2.75, 3.05) is 18.7 Å². The minimum atomic E-state index is -3.42. The number of sulfone groups is 1. The minimum absolute atomic E-state index is 0.0459. The van der Waals surface area contributed by atoms with Crippen LogP contribution in [-0.4, -0.2) is 32.7 Å². The number of anilines is 1. The van der Waals surface area contributed by atoms with E-state index in [0.29, 0.717) is 17.0 Å². The summed E-state index contributed by atoms with van der Waals surface area (Å²) in [6.45, 7) is 4.10. The smallest absolute Gasteiger partial charge is 0.228 e. The van der Waals surface area contributed by atoms with Gasteiger partial charge in [0.15, 0.2) is 15.6 Å². The van der Waals surface area contributed by atoms with Gasteiger partial charge >= 0.3 is 0 Å². The van der Waals surface area contributed by atoms with Crippen molar-refractivity contribution in [3.63, 3.8) is 0 Å². The Bertz CT molecular complexity index is 1300. The zero-order valence-electron chi connectivity index (χ0n) is 19.1. The maximum absolute atomic E-state index is 12.5. The van der Waals surface area contributed by atoms with Crippen LogP contribution in [0.3, 0.4) is 0 Å². The summed E-state index contributed by atoms with van der Waals surface area (Å²) in [6.07, 6.45) is 3.68. The van der Waals surface area contributed by atoms with Crippen LogP contribution in [-0.2, 0) is 21.1 Å². The predicted molar refractivity (Wildman–Crippen MR) is 133 cm³/mol. The molecular formula is C24H24Cl2N2O5S. The first-order valence-corrected chi connectivity index (χ1v) is 12.9. The van der Waals surface area contributed by atoms with Crippen LogP contribution in [0.1, 0.15) is 30.9 Å². The molecule has 0 saturated carbocycles. The summed E-state index contributed by atoms with van der Waals surface area (Å²) in [5.74, 6) is 1.39. The molecule has 10 heteroatoms. The Labute approximate surface area is 208 Å². The van der Waals surface area contributed by atoms with Crippen molar-refractivity contribution in [2.45, 2.75) is 31.1 Å². The summed E-state index contributed by atoms with van der Waals surface area (Å²) in [6, 6.07) is 9.90. The molecule has 7 nitrogen and oxygen atoms in total. The SMILES string of the molecule is COc1ccc(Oc2c(Cl)cc(NC(=O)Cc3cncc(S(C)(=O)=O)c3)cc2Cl)cc1C(C)C. The number of halogens is 2. The second-order valence-electron chi connectivity index (χ2n) is 7.96. The lowest BCUT2D eigenvalue weighted by Gasteiger charge is -2.16. The van der Waals surface area contributed by atoms with E-state index in [2.05, 4.69) is 10.3 Å². The fourth-order valence-electron chi connectivity index (χ4n) is 3.23. The normalized spacial score (nSPS) is 11.4. The van der Waals surface area contributed by atoms with E-state index in [1.807, 2.05) is 26.0 Å². The fraction of sp³-hybridized carbons (Fsp3) is 0.250. The lowest BCUT2D eigenvalue weighted by Crippen LogP contribution is -2.15. The molecule has 1 N–H and O–H groups in total. The molecule has 180 valence electrons. The summed E-state index contributed by atoms with van der Waals surface area (Å²) in [5.41, 5.74) is 1.81. The summed E-state index contributed by atoms with van der Waals surface area (Å²) in [7, 11) is -1.81. The molecule has 0 radical (unpaired) electrons. The van der Waals surface area contributed by atoms with E-state index in [4.69, 9.17) is 32.7 Å². The van der Waals surface area contributed by atoms with Gasteiger partial charge in [0.05, 0.1) is 28.5 Å². The number of aromatic nitrogens is 1. The van der Waals surface area contributed by atoms with Crippen molar-refractivity contribution < 1.29 is 22.7 Å². The number of methoxy groups -OCH3 is 1. The van der Waals surface area contributed by atoms with Gasteiger partial charge in [-0.1, -0.05) is 37.0 Å². The number of amides is 1. The number of ether oxygens (including phenoxy) is 2. The molecule has 1 aromatic heterocycles. The molecule has 1 heterocycles. The van der Waals surface area contributed by atoms with E-state index in [1.54, 1.807) is 13.2 Å². The molecule has 0 bridgehead atoms. The third kappa shape index (κ3) is 6.40. The number of hydrogen-bond donors (Lipinski definition) is 1. The Morgan fingerprint density at radius 3 is 2.35 bits per heavy atom. The van der Waals surface area contributed by atoms with Gasteiger partial charge in [-0.05, 0) is 47.9 Å². The molecule has 0 saturated heterocycles. The van der Waals surface area contributed by atoms with Gasteiger partial charge in [-0.2, -0.15) is 0 Å². The highest BCUT2D eigenvalue weighted by Gasteiger charge is 2.16. The van der Waals surface area contributed by atoms with Gasteiger partial charge in [-0.15, -0.1) is 0 Å². The number of nitrogens with zero attached hydrogens (tertiary/aromatic N) is 1. The first kappa shape index (κ1) is 25.8. The van der Waals surface area contributed by atoms with Crippen molar-refractivity contribution in [3.8, 4) is 17.2 Å². The molecule has 0 atom stereocenters. The number of hydrogen-bond acceptors (Lipinski definition) is 6. The average molecular weight is 523 g/mol. The van der Waals surface area contributed by atoms with Gasteiger partial charge < -0.3 is 14.8 Å². The van der Waals surface area contributed by atoms with Gasteiger partial charge in [0, 0.05) is 29.9 Å². The summed E-state index contributed by atoms with van der Waals surface area (Å²) in [4.78, 5) is 16.4. The van der Waals surface area contributed by atoms with E-state index in [1.165, 1.54) is 30.6 Å². The fourth-order valence-corrected chi connectivity index (χ4v) is 4.41. The molecule has 1 amide bonds. The van der Waals surface area contributed by atoms with Crippen LogP contribution >= 0.6 is 23.2 Å². The monoisotopic (exact) mass is 522 g/mol. The van der Waals surface area contributed by atoms with Crippen LogP contribution in [0.2, 0.25) is 10.0 Å². The number of nitrogens with one attached hydrogen (secondary N) is 1. The van der Waals surface area contributed by atoms with Gasteiger partial charge in [-0.25, -0.2) is 8.42 Å². The van der Waals surface area contributed by atoms with Gasteiger partial charge in [0.25, 0.3) is 0 Å². The first-order valence-electron chi connectivity index (χ1n) is 10.3. The maximum atomic E-state index is 12.5. The largest absolute Gasteiger partial charge is 0.496 e. The molecule has 0 unspecified atom stereocenters. The van der Waals surface area contributed by atoms with Crippen molar-refractivity contribution >= 4 is 44.6 Å². The number of benzene rings is 2. The molecule has 34 heavy (non-hydrogen) atoms. The predicted octanol–water partition coefficient (Wildman–Crippen LogP) is 5.90. The number of rotatable bonds is 8. The molecule has 0 aliphatic carbocycles. The highest BCUT2D eigenvalue weighted by Crippen LogP contribution is 2.40. The third-order valence-corrected chi connectivity index (χ3v) is 6.53. The summed E-state index contributed by atoms with van der Waals surface area (Å²) >= 11 is 12.8. The maximum Gasteiger partial charge on any atom is 0.228 e. The highest BCUT2D eigenvalue weighted by atomic mass is 35.5. The Balaban J connectivity index is 1.76.